The maximum Gasteiger partial charge on any atom is 0.310 e. The van der Waals surface area contributed by atoms with Crippen LogP contribution in [0.5, 0.6) is 0 Å². The number of benzene rings is 1. The molecule has 0 unspecified atom stereocenters. The Hall–Kier alpha value is -2.31. The van der Waals surface area contributed by atoms with Crippen LogP contribution in [0.15, 0.2) is 12.1 Å². The van der Waals surface area contributed by atoms with Gasteiger partial charge >= 0.3 is 11.7 Å². The first kappa shape index (κ1) is 12.8. The normalized spacial score (nSPS) is 9.76. The van der Waals surface area contributed by atoms with Crippen LogP contribution in [0.1, 0.15) is 15.9 Å². The van der Waals surface area contributed by atoms with E-state index in [4.69, 9.17) is 0 Å². The molecular formula is C10H8FNO5. The SMILES string of the molecule is COC(=O)Cc1cc(C=O)cc([N+](=O)[O-])c1F. The average molecular weight is 241 g/mol. The first-order valence-electron chi connectivity index (χ1n) is 4.48. The van der Waals surface area contributed by atoms with Crippen molar-refractivity contribution in [2.45, 2.75) is 6.42 Å². The standard InChI is InChI=1S/C10H8FNO5/c1-17-9(14)4-7-2-6(5-13)3-8(10(7)11)12(15)16/h2-3,5H,4H2,1H3. The van der Waals surface area contributed by atoms with Gasteiger partial charge in [0.2, 0.25) is 5.82 Å². The lowest BCUT2D eigenvalue weighted by molar-refractivity contribution is -0.387. The number of nitrogens with zero attached hydrogens (tertiary/aromatic N) is 1. The lowest BCUT2D eigenvalue weighted by Gasteiger charge is -2.03. The van der Waals surface area contributed by atoms with Gasteiger partial charge < -0.3 is 4.74 Å². The van der Waals surface area contributed by atoms with Gasteiger partial charge in [-0.05, 0) is 6.07 Å². The summed E-state index contributed by atoms with van der Waals surface area (Å²) in [5, 5.41) is 10.5. The molecule has 1 aromatic rings. The van der Waals surface area contributed by atoms with E-state index in [1.807, 2.05) is 0 Å². The molecule has 0 aliphatic heterocycles. The van der Waals surface area contributed by atoms with Gasteiger partial charge in [0.05, 0.1) is 18.5 Å². The third kappa shape index (κ3) is 2.83. The third-order valence-electron chi connectivity index (χ3n) is 2.05. The molecule has 7 heteroatoms. The molecule has 1 rings (SSSR count). The van der Waals surface area contributed by atoms with E-state index in [1.165, 1.54) is 0 Å². The number of halogens is 1. The van der Waals surface area contributed by atoms with Crippen LogP contribution in [0.3, 0.4) is 0 Å². The highest BCUT2D eigenvalue weighted by atomic mass is 19.1. The van der Waals surface area contributed by atoms with Crippen LogP contribution in [-0.4, -0.2) is 24.3 Å². The number of nitro benzene ring substituents is 1. The van der Waals surface area contributed by atoms with Gasteiger partial charge in [-0.1, -0.05) is 0 Å². The molecule has 6 nitrogen and oxygen atoms in total. The highest BCUT2D eigenvalue weighted by Gasteiger charge is 2.21. The molecule has 0 atom stereocenters. The molecule has 0 saturated heterocycles. The number of ether oxygens (including phenoxy) is 1. The summed E-state index contributed by atoms with van der Waals surface area (Å²) in [5.74, 6) is -1.88. The Morgan fingerprint density at radius 3 is 2.71 bits per heavy atom. The number of rotatable bonds is 4. The summed E-state index contributed by atoms with van der Waals surface area (Å²) in [6, 6.07) is 1.88. The molecule has 0 saturated carbocycles. The van der Waals surface area contributed by atoms with E-state index in [0.717, 1.165) is 19.2 Å². The van der Waals surface area contributed by atoms with E-state index >= 15 is 0 Å². The Morgan fingerprint density at radius 1 is 1.59 bits per heavy atom. The lowest BCUT2D eigenvalue weighted by atomic mass is 10.1. The number of carbonyl (C=O) groups is 2. The Morgan fingerprint density at radius 2 is 2.24 bits per heavy atom. The second-order valence-electron chi connectivity index (χ2n) is 3.14. The number of carbonyl (C=O) groups excluding carboxylic acids is 2. The lowest BCUT2D eigenvalue weighted by Crippen LogP contribution is -2.08. The zero-order valence-corrected chi connectivity index (χ0v) is 8.81. The highest BCUT2D eigenvalue weighted by Crippen LogP contribution is 2.23. The van der Waals surface area contributed by atoms with Gasteiger partial charge in [-0.25, -0.2) is 0 Å². The van der Waals surface area contributed by atoms with Gasteiger partial charge in [0.25, 0.3) is 0 Å². The number of hydrogen-bond acceptors (Lipinski definition) is 5. The fraction of sp³-hybridized carbons (Fsp3) is 0.200. The van der Waals surface area contributed by atoms with E-state index in [-0.39, 0.29) is 11.1 Å². The van der Waals surface area contributed by atoms with Gasteiger partial charge in [0.1, 0.15) is 6.29 Å². The molecule has 0 bridgehead atoms. The molecule has 0 spiro atoms. The van der Waals surface area contributed by atoms with Crippen molar-refractivity contribution in [1.82, 2.24) is 0 Å². The van der Waals surface area contributed by atoms with Gasteiger partial charge in [0, 0.05) is 17.2 Å². The highest BCUT2D eigenvalue weighted by molar-refractivity contribution is 5.79. The van der Waals surface area contributed by atoms with Crippen LogP contribution in [-0.2, 0) is 16.0 Å². The third-order valence-corrected chi connectivity index (χ3v) is 2.05. The number of esters is 1. The fourth-order valence-electron chi connectivity index (χ4n) is 1.25. The molecule has 0 aliphatic carbocycles. The Bertz CT molecular complexity index is 486. The van der Waals surface area contributed by atoms with Gasteiger partial charge in [-0.2, -0.15) is 4.39 Å². The molecule has 0 N–H and O–H groups in total. The molecule has 0 aliphatic rings. The summed E-state index contributed by atoms with van der Waals surface area (Å²) in [4.78, 5) is 31.1. The quantitative estimate of drug-likeness (QED) is 0.343. The summed E-state index contributed by atoms with van der Waals surface area (Å²) in [5.41, 5.74) is -1.15. The zero-order valence-electron chi connectivity index (χ0n) is 8.81. The van der Waals surface area contributed by atoms with E-state index in [0.29, 0.717) is 6.29 Å². The van der Waals surface area contributed by atoms with Crippen LogP contribution in [0.25, 0.3) is 0 Å². The Kier molecular flexibility index (Phi) is 3.86. The summed E-state index contributed by atoms with van der Waals surface area (Å²) in [6.45, 7) is 0. The summed E-state index contributed by atoms with van der Waals surface area (Å²) in [6.07, 6.45) is -0.127. The first-order valence-corrected chi connectivity index (χ1v) is 4.48. The number of nitro groups is 1. The average Bonchev–Trinajstić information content (AvgIpc) is 2.31. The summed E-state index contributed by atoms with van der Waals surface area (Å²) in [7, 11) is 1.11. The van der Waals surface area contributed by atoms with Crippen LogP contribution >= 0.6 is 0 Å². The number of hydrogen-bond donors (Lipinski definition) is 0. The maximum absolute atomic E-state index is 13.6. The molecule has 90 valence electrons. The van der Waals surface area contributed by atoms with E-state index in [2.05, 4.69) is 4.74 Å². The van der Waals surface area contributed by atoms with E-state index in [1.54, 1.807) is 0 Å². The van der Waals surface area contributed by atoms with Crippen molar-refractivity contribution in [1.29, 1.82) is 0 Å². The van der Waals surface area contributed by atoms with E-state index in [9.17, 15) is 24.1 Å². The van der Waals surface area contributed by atoms with Crippen LogP contribution in [0, 0.1) is 15.9 Å². The summed E-state index contributed by atoms with van der Waals surface area (Å²) < 4.78 is 17.9. The molecule has 0 aromatic heterocycles. The zero-order chi connectivity index (χ0) is 13.0. The molecule has 17 heavy (non-hydrogen) atoms. The van der Waals surface area contributed by atoms with Gasteiger partial charge in [0.15, 0.2) is 0 Å². The molecule has 0 amide bonds. The molecular weight excluding hydrogens is 233 g/mol. The second-order valence-corrected chi connectivity index (χ2v) is 3.14. The molecule has 0 radical (unpaired) electrons. The van der Waals surface area contributed by atoms with Crippen molar-refractivity contribution in [2.24, 2.45) is 0 Å². The Balaban J connectivity index is 3.28. The van der Waals surface area contributed by atoms with Gasteiger partial charge in [-0.3, -0.25) is 19.7 Å². The maximum atomic E-state index is 13.6. The first-order chi connectivity index (χ1) is 7.99. The van der Waals surface area contributed by atoms with Crippen LogP contribution in [0.4, 0.5) is 10.1 Å². The van der Waals surface area contributed by atoms with E-state index < -0.39 is 28.8 Å². The topological polar surface area (TPSA) is 86.5 Å². The predicted octanol–water partition coefficient (Wildman–Crippen LogP) is 1.26. The van der Waals surface area contributed by atoms with Crippen molar-refractivity contribution in [3.8, 4) is 0 Å². The minimum atomic E-state index is -1.13. The fourth-order valence-corrected chi connectivity index (χ4v) is 1.25. The minimum absolute atomic E-state index is 0.0722. The largest absolute Gasteiger partial charge is 0.469 e. The van der Waals surface area contributed by atoms with Crippen molar-refractivity contribution in [3.05, 3.63) is 39.2 Å². The van der Waals surface area contributed by atoms with Crippen molar-refractivity contribution in [2.75, 3.05) is 7.11 Å². The van der Waals surface area contributed by atoms with Crippen LogP contribution in [0.2, 0.25) is 0 Å². The number of methoxy groups -OCH3 is 1. The van der Waals surface area contributed by atoms with Crippen molar-refractivity contribution >= 4 is 17.9 Å². The van der Waals surface area contributed by atoms with Gasteiger partial charge in [-0.15, -0.1) is 0 Å². The number of aldehydes is 1. The molecule has 1 aromatic carbocycles. The van der Waals surface area contributed by atoms with Crippen molar-refractivity contribution in [3.63, 3.8) is 0 Å². The Labute approximate surface area is 95.1 Å². The predicted molar refractivity (Wildman–Crippen MR) is 54.2 cm³/mol. The van der Waals surface area contributed by atoms with Crippen LogP contribution < -0.4 is 0 Å². The molecule has 0 heterocycles. The second kappa shape index (κ2) is 5.15. The molecule has 0 fully saturated rings. The minimum Gasteiger partial charge on any atom is -0.469 e. The smallest absolute Gasteiger partial charge is 0.310 e. The summed E-state index contributed by atoms with van der Waals surface area (Å²) >= 11 is 0. The monoisotopic (exact) mass is 241 g/mol. The van der Waals surface area contributed by atoms with Crippen molar-refractivity contribution < 1.29 is 23.6 Å².